The summed E-state index contributed by atoms with van der Waals surface area (Å²) in [7, 11) is 0. The SMILES string of the molecule is C1=CCCC(CC2=COC=C(C=CC=Cc3ccccn3)O2)=C1. The van der Waals surface area contributed by atoms with E-state index in [-0.39, 0.29) is 0 Å². The van der Waals surface area contributed by atoms with Crippen LogP contribution >= 0.6 is 0 Å². The quantitative estimate of drug-likeness (QED) is 0.714. The molecular weight excluding hydrogens is 286 g/mol. The number of allylic oxidation sites excluding steroid dienone is 7. The van der Waals surface area contributed by atoms with Gasteiger partial charge in [-0.05, 0) is 37.1 Å². The summed E-state index contributed by atoms with van der Waals surface area (Å²) in [4.78, 5) is 4.23. The van der Waals surface area contributed by atoms with Gasteiger partial charge in [0.05, 0.1) is 5.69 Å². The number of aromatic nitrogens is 1. The second-order valence-electron chi connectivity index (χ2n) is 5.28. The third kappa shape index (κ3) is 4.85. The molecule has 0 spiro atoms. The highest BCUT2D eigenvalue weighted by molar-refractivity contribution is 5.46. The number of hydrogen-bond donors (Lipinski definition) is 0. The molecule has 0 unspecified atom stereocenters. The van der Waals surface area contributed by atoms with Crippen LogP contribution < -0.4 is 0 Å². The van der Waals surface area contributed by atoms with Gasteiger partial charge >= 0.3 is 0 Å². The molecule has 1 aliphatic heterocycles. The van der Waals surface area contributed by atoms with Crippen molar-refractivity contribution in [1.29, 1.82) is 0 Å². The fraction of sp³-hybridized carbons (Fsp3) is 0.150. The summed E-state index contributed by atoms with van der Waals surface area (Å²) in [6.45, 7) is 0. The molecular formula is C20H19NO2. The van der Waals surface area contributed by atoms with Crippen LogP contribution in [0.2, 0.25) is 0 Å². The van der Waals surface area contributed by atoms with Crippen LogP contribution in [0.5, 0.6) is 0 Å². The molecule has 0 N–H and O–H groups in total. The van der Waals surface area contributed by atoms with Crippen molar-refractivity contribution in [1.82, 2.24) is 4.98 Å². The van der Waals surface area contributed by atoms with Crippen LogP contribution in [0.1, 0.15) is 25.0 Å². The van der Waals surface area contributed by atoms with Crippen LogP contribution in [-0.4, -0.2) is 4.98 Å². The van der Waals surface area contributed by atoms with Crippen molar-refractivity contribution < 1.29 is 9.47 Å². The van der Waals surface area contributed by atoms with Gasteiger partial charge in [-0.25, -0.2) is 0 Å². The predicted octanol–water partition coefficient (Wildman–Crippen LogP) is 5.05. The van der Waals surface area contributed by atoms with Crippen molar-refractivity contribution in [3.63, 3.8) is 0 Å². The molecule has 3 nitrogen and oxygen atoms in total. The highest BCUT2D eigenvalue weighted by Crippen LogP contribution is 2.24. The average Bonchev–Trinajstić information content (AvgIpc) is 2.61. The molecule has 116 valence electrons. The van der Waals surface area contributed by atoms with Crippen LogP contribution in [0.4, 0.5) is 0 Å². The Morgan fingerprint density at radius 2 is 2.09 bits per heavy atom. The highest BCUT2D eigenvalue weighted by atomic mass is 16.5. The van der Waals surface area contributed by atoms with Gasteiger partial charge in [0.25, 0.3) is 0 Å². The normalized spacial score (nSPS) is 17.5. The number of hydrogen-bond acceptors (Lipinski definition) is 3. The Morgan fingerprint density at radius 1 is 1.13 bits per heavy atom. The molecule has 1 aliphatic carbocycles. The van der Waals surface area contributed by atoms with Crippen molar-refractivity contribution in [2.24, 2.45) is 0 Å². The van der Waals surface area contributed by atoms with Gasteiger partial charge < -0.3 is 9.47 Å². The van der Waals surface area contributed by atoms with Gasteiger partial charge in [-0.1, -0.05) is 42.0 Å². The van der Waals surface area contributed by atoms with E-state index < -0.39 is 0 Å². The Labute approximate surface area is 136 Å². The molecule has 0 atom stereocenters. The van der Waals surface area contributed by atoms with E-state index >= 15 is 0 Å². The molecule has 23 heavy (non-hydrogen) atoms. The van der Waals surface area contributed by atoms with E-state index in [0.717, 1.165) is 30.7 Å². The molecule has 0 bridgehead atoms. The fourth-order valence-electron chi connectivity index (χ4n) is 2.33. The molecule has 0 aromatic carbocycles. The number of rotatable bonds is 5. The van der Waals surface area contributed by atoms with Gasteiger partial charge in [0, 0.05) is 12.6 Å². The van der Waals surface area contributed by atoms with E-state index in [0.29, 0.717) is 5.76 Å². The first kappa shape index (κ1) is 15.1. The van der Waals surface area contributed by atoms with Crippen molar-refractivity contribution >= 4 is 6.08 Å². The molecule has 0 saturated carbocycles. The van der Waals surface area contributed by atoms with Crippen molar-refractivity contribution in [2.75, 3.05) is 0 Å². The minimum Gasteiger partial charge on any atom is -0.465 e. The van der Waals surface area contributed by atoms with Gasteiger partial charge in [-0.2, -0.15) is 0 Å². The number of ether oxygens (including phenoxy) is 2. The molecule has 1 aromatic heterocycles. The zero-order chi connectivity index (χ0) is 15.7. The number of pyridine rings is 1. The Balaban J connectivity index is 1.52. The summed E-state index contributed by atoms with van der Waals surface area (Å²) in [6.07, 6.45) is 22.1. The number of nitrogens with zero attached hydrogens (tertiary/aromatic N) is 1. The monoisotopic (exact) mass is 305 g/mol. The lowest BCUT2D eigenvalue weighted by atomic mass is 10.0. The Kier molecular flexibility index (Phi) is 5.25. The molecule has 0 radical (unpaired) electrons. The first-order valence-electron chi connectivity index (χ1n) is 7.73. The van der Waals surface area contributed by atoms with Crippen molar-refractivity contribution in [2.45, 2.75) is 19.3 Å². The van der Waals surface area contributed by atoms with E-state index in [4.69, 9.17) is 9.47 Å². The zero-order valence-corrected chi connectivity index (χ0v) is 12.9. The maximum Gasteiger partial charge on any atom is 0.162 e. The summed E-state index contributed by atoms with van der Waals surface area (Å²) < 4.78 is 11.2. The Morgan fingerprint density at radius 3 is 2.91 bits per heavy atom. The smallest absolute Gasteiger partial charge is 0.162 e. The molecule has 2 aliphatic rings. The molecule has 0 saturated heterocycles. The topological polar surface area (TPSA) is 31.4 Å². The zero-order valence-electron chi connectivity index (χ0n) is 12.9. The fourth-order valence-corrected chi connectivity index (χ4v) is 2.33. The second kappa shape index (κ2) is 7.99. The van der Waals surface area contributed by atoms with E-state index in [1.165, 1.54) is 5.57 Å². The molecule has 0 fully saturated rings. The first-order chi connectivity index (χ1) is 11.4. The standard InChI is InChI=1S/C20H19NO2/c1-2-8-17(9-3-1)14-20-16-22-15-19(23-20)12-5-4-10-18-11-6-7-13-21-18/h1-2,4-8,10-13,15-16H,3,9,14H2. The largest absolute Gasteiger partial charge is 0.465 e. The maximum absolute atomic E-state index is 5.84. The Bertz CT molecular complexity index is 706. The van der Waals surface area contributed by atoms with E-state index in [2.05, 4.69) is 23.2 Å². The van der Waals surface area contributed by atoms with Gasteiger partial charge in [-0.3, -0.25) is 4.98 Å². The molecule has 3 heteroatoms. The van der Waals surface area contributed by atoms with Gasteiger partial charge in [0.2, 0.25) is 0 Å². The van der Waals surface area contributed by atoms with E-state index in [1.807, 2.05) is 42.5 Å². The van der Waals surface area contributed by atoms with Crippen LogP contribution in [0.25, 0.3) is 6.08 Å². The average molecular weight is 305 g/mol. The minimum absolute atomic E-state index is 0.695. The summed E-state index contributed by atoms with van der Waals surface area (Å²) in [6, 6.07) is 5.82. The lowest BCUT2D eigenvalue weighted by Gasteiger charge is -2.16. The summed E-state index contributed by atoms with van der Waals surface area (Å²) >= 11 is 0. The van der Waals surface area contributed by atoms with Crippen LogP contribution in [-0.2, 0) is 9.47 Å². The first-order valence-corrected chi connectivity index (χ1v) is 7.73. The summed E-state index contributed by atoms with van der Waals surface area (Å²) in [5, 5.41) is 0. The molecule has 3 rings (SSSR count). The van der Waals surface area contributed by atoms with Gasteiger partial charge in [0.1, 0.15) is 18.3 Å². The maximum atomic E-state index is 5.84. The van der Waals surface area contributed by atoms with E-state index in [1.54, 1.807) is 18.7 Å². The van der Waals surface area contributed by atoms with Gasteiger partial charge in [0.15, 0.2) is 5.76 Å². The molecule has 0 amide bonds. The molecule has 2 heterocycles. The van der Waals surface area contributed by atoms with Crippen LogP contribution in [0, 0.1) is 0 Å². The lowest BCUT2D eigenvalue weighted by Crippen LogP contribution is -2.00. The summed E-state index contributed by atoms with van der Waals surface area (Å²) in [5.41, 5.74) is 2.28. The van der Waals surface area contributed by atoms with Crippen molar-refractivity contribution in [3.8, 4) is 0 Å². The molecule has 1 aromatic rings. The highest BCUT2D eigenvalue weighted by Gasteiger charge is 2.10. The third-order valence-corrected chi connectivity index (χ3v) is 3.46. The van der Waals surface area contributed by atoms with Crippen LogP contribution in [0.15, 0.2) is 90.5 Å². The Hall–Kier alpha value is -2.81. The lowest BCUT2D eigenvalue weighted by molar-refractivity contribution is 0.228. The van der Waals surface area contributed by atoms with E-state index in [9.17, 15) is 0 Å². The second-order valence-corrected chi connectivity index (χ2v) is 5.28. The van der Waals surface area contributed by atoms with Crippen molar-refractivity contribution in [3.05, 3.63) is 96.2 Å². The van der Waals surface area contributed by atoms with Crippen LogP contribution in [0.3, 0.4) is 0 Å². The predicted molar refractivity (Wildman–Crippen MR) is 91.8 cm³/mol. The third-order valence-electron chi connectivity index (χ3n) is 3.46. The minimum atomic E-state index is 0.695. The summed E-state index contributed by atoms with van der Waals surface area (Å²) in [5.74, 6) is 1.53. The van der Waals surface area contributed by atoms with Gasteiger partial charge in [-0.15, -0.1) is 0 Å².